The minimum atomic E-state index is -3.16. The Morgan fingerprint density at radius 2 is 1.89 bits per heavy atom. The van der Waals surface area contributed by atoms with Gasteiger partial charge in [0.05, 0.1) is 38.8 Å². The molecule has 53 heavy (non-hydrogen) atoms. The zero-order chi connectivity index (χ0) is 36.2. The molecule has 6 aromatic rings. The number of ether oxygens (including phenoxy) is 1. The molecule has 2 aromatic carbocycles. The van der Waals surface area contributed by atoms with Crippen molar-refractivity contribution in [2.24, 2.45) is 5.92 Å². The molecule has 0 radical (unpaired) electrons. The quantitative estimate of drug-likeness (QED) is 0.146. The third-order valence-electron chi connectivity index (χ3n) is 11.1. The van der Waals surface area contributed by atoms with Gasteiger partial charge in [-0.2, -0.15) is 8.78 Å². The lowest BCUT2D eigenvalue weighted by atomic mass is 9.71. The summed E-state index contributed by atoms with van der Waals surface area (Å²) in [7, 11) is 0. The van der Waals surface area contributed by atoms with E-state index in [1.165, 1.54) is 23.5 Å². The van der Waals surface area contributed by atoms with E-state index in [-0.39, 0.29) is 23.7 Å². The lowest BCUT2D eigenvalue weighted by Gasteiger charge is -2.37. The molecule has 1 atom stereocenters. The number of pyridine rings is 2. The van der Waals surface area contributed by atoms with Gasteiger partial charge in [-0.15, -0.1) is 16.4 Å². The largest absolute Gasteiger partial charge is 0.434 e. The highest BCUT2D eigenvalue weighted by molar-refractivity contribution is 7.23. The van der Waals surface area contributed by atoms with Crippen molar-refractivity contribution in [3.8, 4) is 27.6 Å². The average molecular weight is 741 g/mol. The summed E-state index contributed by atoms with van der Waals surface area (Å²) in [5.74, 6) is -1.55. The van der Waals surface area contributed by atoms with Crippen LogP contribution in [0.15, 0.2) is 63.9 Å². The van der Waals surface area contributed by atoms with Gasteiger partial charge in [0.15, 0.2) is 11.6 Å². The van der Waals surface area contributed by atoms with Crippen molar-refractivity contribution in [1.82, 2.24) is 25.1 Å². The molecule has 5 aliphatic rings. The fourth-order valence-electron chi connectivity index (χ4n) is 8.86. The minimum absolute atomic E-state index is 0.00352. The predicted molar refractivity (Wildman–Crippen MR) is 186 cm³/mol. The molecular weight excluding hydrogens is 713 g/mol. The van der Waals surface area contributed by atoms with E-state index < -0.39 is 29.5 Å². The first-order valence-electron chi connectivity index (χ1n) is 17.3. The highest BCUT2D eigenvalue weighted by Crippen LogP contribution is 2.63. The van der Waals surface area contributed by atoms with Crippen LogP contribution in [-0.4, -0.2) is 44.1 Å². The van der Waals surface area contributed by atoms with Crippen LogP contribution in [0.4, 0.5) is 23.4 Å². The Balaban J connectivity index is 1.12. The molecule has 2 bridgehead atoms. The van der Waals surface area contributed by atoms with Crippen LogP contribution in [0.1, 0.15) is 63.7 Å². The molecule has 2 saturated heterocycles. The van der Waals surface area contributed by atoms with Crippen molar-refractivity contribution in [2.75, 3.05) is 11.9 Å². The van der Waals surface area contributed by atoms with Gasteiger partial charge in [-0.3, -0.25) is 9.78 Å². The molecule has 4 aromatic heterocycles. The Kier molecular flexibility index (Phi) is 7.10. The Morgan fingerprint density at radius 1 is 1.06 bits per heavy atom. The molecule has 3 fully saturated rings. The second-order valence-corrected chi connectivity index (χ2v) is 15.1. The maximum atomic E-state index is 14.5. The minimum Gasteiger partial charge on any atom is -0.431 e. The third kappa shape index (κ3) is 4.92. The number of hydrogen-bond acceptors (Lipinski definition) is 9. The summed E-state index contributed by atoms with van der Waals surface area (Å²) in [6.45, 7) is -2.51. The van der Waals surface area contributed by atoms with E-state index in [9.17, 15) is 27.2 Å². The number of rotatable bonds is 9. The Labute approximate surface area is 301 Å². The SMILES string of the molecule is O=C1c2c(nc(CCc3ccc(F)cc3)c(-c3n[nH]c(=O)o3)c2-c2cc3ccnc(N[C@@H]4CCc5c4ccc(F)c5OC(F)F)c3s2)C23CC(CN12)C3. The predicted octanol–water partition coefficient (Wildman–Crippen LogP) is 7.54. The number of carbonyl (C=O) groups is 1. The number of aryl methyl sites for hydroxylation is 2. The molecule has 1 saturated carbocycles. The molecule has 268 valence electrons. The van der Waals surface area contributed by atoms with Crippen LogP contribution >= 0.6 is 11.3 Å². The monoisotopic (exact) mass is 740 g/mol. The fraction of sp³-hybridized carbons (Fsp3) is 0.289. The van der Waals surface area contributed by atoms with Crippen molar-refractivity contribution >= 4 is 33.1 Å². The van der Waals surface area contributed by atoms with Crippen molar-refractivity contribution in [1.29, 1.82) is 0 Å². The van der Waals surface area contributed by atoms with Crippen LogP contribution in [0.5, 0.6) is 5.75 Å². The second-order valence-electron chi connectivity index (χ2n) is 14.0. The number of thiophene rings is 1. The van der Waals surface area contributed by atoms with Gasteiger partial charge in [-0.05, 0) is 91.3 Å². The summed E-state index contributed by atoms with van der Waals surface area (Å²) in [6, 6.07) is 12.4. The molecule has 3 aliphatic heterocycles. The number of aromatic amines is 1. The number of carbonyl (C=O) groups excluding carboxylic acids is 1. The number of nitrogens with one attached hydrogen (secondary N) is 2. The number of fused-ring (bicyclic) bond motifs is 3. The van der Waals surface area contributed by atoms with E-state index in [1.54, 1.807) is 24.4 Å². The molecule has 2 N–H and O–H groups in total. The number of anilines is 1. The van der Waals surface area contributed by atoms with E-state index in [0.29, 0.717) is 88.0 Å². The Morgan fingerprint density at radius 3 is 2.66 bits per heavy atom. The summed E-state index contributed by atoms with van der Waals surface area (Å²) < 4.78 is 65.5. The van der Waals surface area contributed by atoms with Gasteiger partial charge >= 0.3 is 12.4 Å². The summed E-state index contributed by atoms with van der Waals surface area (Å²) >= 11 is 1.40. The maximum absolute atomic E-state index is 14.5. The van der Waals surface area contributed by atoms with Crippen molar-refractivity contribution in [3.63, 3.8) is 0 Å². The van der Waals surface area contributed by atoms with E-state index >= 15 is 0 Å². The van der Waals surface area contributed by atoms with Crippen molar-refractivity contribution < 1.29 is 31.5 Å². The molecular formula is C38H28F4N6O4S. The van der Waals surface area contributed by atoms with Gasteiger partial charge in [-0.25, -0.2) is 23.7 Å². The topological polar surface area (TPSA) is 126 Å². The second kappa shape index (κ2) is 11.7. The maximum Gasteiger partial charge on any atom is 0.434 e. The van der Waals surface area contributed by atoms with Crippen LogP contribution in [0.25, 0.3) is 32.0 Å². The molecule has 10 nitrogen and oxygen atoms in total. The van der Waals surface area contributed by atoms with Gasteiger partial charge < -0.3 is 19.4 Å². The fourth-order valence-corrected chi connectivity index (χ4v) is 10.0. The number of alkyl halides is 2. The van der Waals surface area contributed by atoms with Crippen LogP contribution in [0.2, 0.25) is 0 Å². The highest BCUT2D eigenvalue weighted by Gasteiger charge is 2.65. The Bertz CT molecular complexity index is 2540. The molecule has 2 aliphatic carbocycles. The summed E-state index contributed by atoms with van der Waals surface area (Å²) in [6.07, 6.45) is 5.04. The number of H-pyrrole nitrogens is 1. The van der Waals surface area contributed by atoms with Gasteiger partial charge in [-0.1, -0.05) is 18.2 Å². The van der Waals surface area contributed by atoms with E-state index in [4.69, 9.17) is 9.40 Å². The van der Waals surface area contributed by atoms with Crippen LogP contribution < -0.4 is 15.8 Å². The van der Waals surface area contributed by atoms with Gasteiger partial charge in [0.25, 0.3) is 11.8 Å². The van der Waals surface area contributed by atoms with E-state index in [1.807, 2.05) is 17.0 Å². The highest BCUT2D eigenvalue weighted by atomic mass is 32.1. The van der Waals surface area contributed by atoms with E-state index in [0.717, 1.165) is 34.6 Å². The van der Waals surface area contributed by atoms with E-state index in [2.05, 4.69) is 25.2 Å². The zero-order valence-corrected chi connectivity index (χ0v) is 28.5. The first kappa shape index (κ1) is 32.1. The smallest absolute Gasteiger partial charge is 0.431 e. The lowest BCUT2D eigenvalue weighted by molar-refractivity contribution is -0.0527. The number of hydrogen-bond donors (Lipinski definition) is 2. The number of benzene rings is 2. The first-order chi connectivity index (χ1) is 25.7. The third-order valence-corrected chi connectivity index (χ3v) is 12.3. The number of aromatic nitrogens is 4. The summed E-state index contributed by atoms with van der Waals surface area (Å²) in [5, 5.41) is 10.9. The van der Waals surface area contributed by atoms with Crippen LogP contribution in [0, 0.1) is 17.6 Å². The van der Waals surface area contributed by atoms with Crippen molar-refractivity contribution in [3.05, 3.63) is 111 Å². The Hall–Kier alpha value is -5.57. The first-order valence-corrected chi connectivity index (χ1v) is 18.1. The van der Waals surface area contributed by atoms with Crippen molar-refractivity contribution in [2.45, 2.75) is 56.7 Å². The molecule has 1 amide bonds. The molecule has 1 spiro atoms. The van der Waals surface area contributed by atoms with Crippen LogP contribution in [-0.2, 0) is 24.8 Å². The average Bonchev–Trinajstić information content (AvgIpc) is 3.97. The standard InChI is InChI=1S/C38H28F4N6O4S/c39-20-4-1-17(2-5-20)3-9-25-27(34-46-47-37(50)52-34)28(29-32(44-25)38-14-18(15-38)16-48(38)35(29)49)26-13-19-11-12-43-33(31(19)53-26)45-24-10-7-22-21(24)6-8-23(40)30(22)51-36(41)42/h1-2,4-6,8,11-13,18,24,36H,3,7,9-10,14-16H2,(H,43,45)(H,47,50)/t18?,24-,38?/m1/s1. The lowest BCUT2D eigenvalue weighted by Crippen LogP contribution is -2.40. The van der Waals surface area contributed by atoms with Gasteiger partial charge in [0.1, 0.15) is 11.6 Å². The zero-order valence-electron chi connectivity index (χ0n) is 27.7. The summed E-state index contributed by atoms with van der Waals surface area (Å²) in [5.41, 5.74) is 4.21. The normalized spacial score (nSPS) is 20.9. The molecule has 0 unspecified atom stereocenters. The van der Waals surface area contributed by atoms with Gasteiger partial charge in [0.2, 0.25) is 0 Å². The molecule has 15 heteroatoms. The molecule has 7 heterocycles. The summed E-state index contributed by atoms with van der Waals surface area (Å²) in [4.78, 5) is 39.3. The number of amides is 1. The number of nitrogens with zero attached hydrogens (tertiary/aromatic N) is 4. The number of halogens is 4. The van der Waals surface area contributed by atoms with Crippen LogP contribution in [0.3, 0.4) is 0 Å². The molecule has 11 rings (SSSR count). The van der Waals surface area contributed by atoms with Gasteiger partial charge in [0, 0.05) is 28.7 Å².